The van der Waals surface area contributed by atoms with Gasteiger partial charge in [0.15, 0.2) is 0 Å². The average molecular weight is 260 g/mol. The van der Waals surface area contributed by atoms with Gasteiger partial charge in [-0.1, -0.05) is 12.1 Å². The van der Waals surface area contributed by atoms with Gasteiger partial charge in [-0.2, -0.15) is 0 Å². The highest BCUT2D eigenvalue weighted by Gasteiger charge is 2.18. The predicted molar refractivity (Wildman–Crippen MR) is 64.4 cm³/mol. The summed E-state index contributed by atoms with van der Waals surface area (Å²) in [5.41, 5.74) is -0.406. The van der Waals surface area contributed by atoms with Crippen molar-refractivity contribution in [3.63, 3.8) is 0 Å². The van der Waals surface area contributed by atoms with Crippen LogP contribution in [-0.4, -0.2) is 21.0 Å². The lowest BCUT2D eigenvalue weighted by Gasteiger charge is -2.08. The van der Waals surface area contributed by atoms with Crippen molar-refractivity contribution < 1.29 is 19.6 Å². The minimum absolute atomic E-state index is 0.00296. The fourth-order valence-electron chi connectivity index (χ4n) is 1.44. The Bertz CT molecular complexity index is 586. The number of nitro benzene ring substituents is 1. The number of aromatic nitrogens is 1. The fraction of sp³-hybridized carbons (Fsp3) is 0. The Morgan fingerprint density at radius 2 is 2.00 bits per heavy atom. The number of benzene rings is 1. The lowest BCUT2D eigenvalue weighted by molar-refractivity contribution is -0.385. The Morgan fingerprint density at radius 3 is 2.68 bits per heavy atom. The highest BCUT2D eigenvalue weighted by Crippen LogP contribution is 2.32. The second kappa shape index (κ2) is 5.13. The van der Waals surface area contributed by atoms with Crippen LogP contribution in [0.3, 0.4) is 0 Å². The Balaban J connectivity index is 2.42. The van der Waals surface area contributed by atoms with E-state index in [0.29, 0.717) is 0 Å². The van der Waals surface area contributed by atoms with Gasteiger partial charge in [0.25, 0.3) is 0 Å². The van der Waals surface area contributed by atoms with Gasteiger partial charge in [-0.05, 0) is 6.07 Å². The van der Waals surface area contributed by atoms with E-state index in [9.17, 15) is 14.9 Å². The molecule has 0 saturated carbocycles. The van der Waals surface area contributed by atoms with Gasteiger partial charge in [-0.3, -0.25) is 15.1 Å². The summed E-state index contributed by atoms with van der Waals surface area (Å²) in [4.78, 5) is 24.9. The molecule has 0 bridgehead atoms. The minimum Gasteiger partial charge on any atom is -0.477 e. The van der Waals surface area contributed by atoms with Crippen molar-refractivity contribution in [1.29, 1.82) is 0 Å². The summed E-state index contributed by atoms with van der Waals surface area (Å²) in [5.74, 6) is -1.25. The number of para-hydroxylation sites is 2. The summed E-state index contributed by atoms with van der Waals surface area (Å²) in [6.07, 6.45) is 2.46. The van der Waals surface area contributed by atoms with Crippen LogP contribution in [0.2, 0.25) is 0 Å². The normalized spacial score (nSPS) is 9.89. The molecular weight excluding hydrogens is 252 g/mol. The zero-order chi connectivity index (χ0) is 13.8. The molecule has 96 valence electrons. The van der Waals surface area contributed by atoms with E-state index in [1.807, 2.05) is 0 Å². The van der Waals surface area contributed by atoms with Gasteiger partial charge in [-0.15, -0.1) is 0 Å². The van der Waals surface area contributed by atoms with E-state index >= 15 is 0 Å². The molecule has 2 rings (SSSR count). The average Bonchev–Trinajstić information content (AvgIpc) is 2.39. The van der Waals surface area contributed by atoms with Gasteiger partial charge in [0.1, 0.15) is 11.3 Å². The molecule has 19 heavy (non-hydrogen) atoms. The van der Waals surface area contributed by atoms with Crippen molar-refractivity contribution in [3.05, 3.63) is 58.4 Å². The van der Waals surface area contributed by atoms with Crippen LogP contribution < -0.4 is 4.74 Å². The first-order chi connectivity index (χ1) is 9.09. The van der Waals surface area contributed by atoms with E-state index in [0.717, 1.165) is 6.20 Å². The molecule has 0 atom stereocenters. The zero-order valence-electron chi connectivity index (χ0n) is 9.52. The monoisotopic (exact) mass is 260 g/mol. The Morgan fingerprint density at radius 1 is 1.26 bits per heavy atom. The third-order valence-electron chi connectivity index (χ3n) is 2.29. The number of ether oxygens (including phenoxy) is 1. The molecule has 1 aromatic carbocycles. The first-order valence-electron chi connectivity index (χ1n) is 5.18. The lowest BCUT2D eigenvalue weighted by Crippen LogP contribution is -2.01. The van der Waals surface area contributed by atoms with Crippen LogP contribution in [0.5, 0.6) is 11.5 Å². The number of aromatic carboxylic acids is 1. The van der Waals surface area contributed by atoms with Crippen LogP contribution in [-0.2, 0) is 0 Å². The Kier molecular flexibility index (Phi) is 3.37. The van der Waals surface area contributed by atoms with E-state index in [-0.39, 0.29) is 22.7 Å². The molecule has 7 nitrogen and oxygen atoms in total. The molecule has 0 aliphatic rings. The van der Waals surface area contributed by atoms with Crippen molar-refractivity contribution >= 4 is 11.7 Å². The SMILES string of the molecule is O=C(O)c1cnccc1Oc1ccccc1[N+](=O)[O-]. The second-order valence-electron chi connectivity index (χ2n) is 3.50. The van der Waals surface area contributed by atoms with Crippen LogP contribution in [0.25, 0.3) is 0 Å². The molecule has 2 aromatic rings. The van der Waals surface area contributed by atoms with E-state index < -0.39 is 10.9 Å². The first kappa shape index (κ1) is 12.5. The number of carboxylic acid groups (broad SMARTS) is 1. The standard InChI is InChI=1S/C12H8N2O5/c15-12(16)8-7-13-6-5-10(8)19-11-4-2-1-3-9(11)14(17)18/h1-7H,(H,15,16). The predicted octanol–water partition coefficient (Wildman–Crippen LogP) is 2.48. The number of carboxylic acids is 1. The molecule has 0 unspecified atom stereocenters. The third kappa shape index (κ3) is 2.65. The van der Waals surface area contributed by atoms with Gasteiger partial charge in [-0.25, -0.2) is 4.79 Å². The summed E-state index contributed by atoms with van der Waals surface area (Å²) in [7, 11) is 0. The molecule has 1 aromatic heterocycles. The molecule has 0 aliphatic heterocycles. The highest BCUT2D eigenvalue weighted by molar-refractivity contribution is 5.90. The molecule has 1 heterocycles. The Labute approximate surface area is 107 Å². The van der Waals surface area contributed by atoms with Gasteiger partial charge >= 0.3 is 11.7 Å². The van der Waals surface area contributed by atoms with Crippen molar-refractivity contribution in [1.82, 2.24) is 4.98 Å². The summed E-state index contributed by atoms with van der Waals surface area (Å²) in [6.45, 7) is 0. The van der Waals surface area contributed by atoms with Crippen LogP contribution in [0, 0.1) is 10.1 Å². The number of carbonyl (C=O) groups is 1. The smallest absolute Gasteiger partial charge is 0.341 e. The first-order valence-corrected chi connectivity index (χ1v) is 5.18. The van der Waals surface area contributed by atoms with Crippen molar-refractivity contribution in [2.24, 2.45) is 0 Å². The highest BCUT2D eigenvalue weighted by atomic mass is 16.6. The van der Waals surface area contributed by atoms with Gasteiger partial charge < -0.3 is 9.84 Å². The van der Waals surface area contributed by atoms with Crippen LogP contribution >= 0.6 is 0 Å². The number of nitro groups is 1. The van der Waals surface area contributed by atoms with Gasteiger partial charge in [0.2, 0.25) is 5.75 Å². The minimum atomic E-state index is -1.22. The molecular formula is C12H8N2O5. The molecule has 0 saturated heterocycles. The molecule has 7 heteroatoms. The summed E-state index contributed by atoms with van der Waals surface area (Å²) >= 11 is 0. The third-order valence-corrected chi connectivity index (χ3v) is 2.29. The van der Waals surface area contributed by atoms with E-state index in [2.05, 4.69) is 4.98 Å². The molecule has 0 spiro atoms. The van der Waals surface area contributed by atoms with Crippen molar-refractivity contribution in [3.8, 4) is 11.5 Å². The maximum absolute atomic E-state index is 11.0. The number of hydrogen-bond acceptors (Lipinski definition) is 5. The van der Waals surface area contributed by atoms with E-state index in [1.165, 1.54) is 30.5 Å². The fourth-order valence-corrected chi connectivity index (χ4v) is 1.44. The lowest BCUT2D eigenvalue weighted by atomic mass is 10.2. The molecule has 1 N–H and O–H groups in total. The second-order valence-corrected chi connectivity index (χ2v) is 3.50. The van der Waals surface area contributed by atoms with Gasteiger partial charge in [0.05, 0.1) is 4.92 Å². The Hall–Kier alpha value is -2.96. The van der Waals surface area contributed by atoms with Crippen molar-refractivity contribution in [2.45, 2.75) is 0 Å². The number of nitrogens with zero attached hydrogens (tertiary/aromatic N) is 2. The molecule has 0 aliphatic carbocycles. The topological polar surface area (TPSA) is 103 Å². The van der Waals surface area contributed by atoms with E-state index in [1.54, 1.807) is 6.07 Å². The quantitative estimate of drug-likeness (QED) is 0.669. The van der Waals surface area contributed by atoms with Crippen LogP contribution in [0.15, 0.2) is 42.7 Å². The zero-order valence-corrected chi connectivity index (χ0v) is 9.52. The summed E-state index contributed by atoms with van der Waals surface area (Å²) in [5, 5.41) is 19.8. The van der Waals surface area contributed by atoms with Crippen molar-refractivity contribution in [2.75, 3.05) is 0 Å². The van der Waals surface area contributed by atoms with Crippen LogP contribution in [0.1, 0.15) is 10.4 Å². The largest absolute Gasteiger partial charge is 0.477 e. The molecule has 0 fully saturated rings. The molecule has 0 amide bonds. The number of rotatable bonds is 4. The number of hydrogen-bond donors (Lipinski definition) is 1. The summed E-state index contributed by atoms with van der Waals surface area (Å²) in [6, 6.07) is 7.06. The number of pyridine rings is 1. The maximum Gasteiger partial charge on any atom is 0.341 e. The maximum atomic E-state index is 11.0. The molecule has 0 radical (unpaired) electrons. The summed E-state index contributed by atoms with van der Waals surface area (Å²) < 4.78 is 5.30. The van der Waals surface area contributed by atoms with E-state index in [4.69, 9.17) is 9.84 Å². The van der Waals surface area contributed by atoms with Gasteiger partial charge in [0, 0.05) is 24.5 Å². The van der Waals surface area contributed by atoms with Crippen LogP contribution in [0.4, 0.5) is 5.69 Å².